The first-order chi connectivity index (χ1) is 14.0. The Morgan fingerprint density at radius 2 is 2.07 bits per heavy atom. The van der Waals surface area contributed by atoms with Gasteiger partial charge in [-0.05, 0) is 33.3 Å². The van der Waals surface area contributed by atoms with Crippen molar-refractivity contribution < 1.29 is 4.74 Å². The van der Waals surface area contributed by atoms with Gasteiger partial charge >= 0.3 is 0 Å². The van der Waals surface area contributed by atoms with Crippen LogP contribution in [-0.2, 0) is 4.74 Å². The lowest BCUT2D eigenvalue weighted by atomic mass is 10.0. The van der Waals surface area contributed by atoms with Gasteiger partial charge in [-0.15, -0.1) is 0 Å². The average Bonchev–Trinajstić information content (AvgIpc) is 3.03. The Bertz CT molecular complexity index is 1000. The van der Waals surface area contributed by atoms with Crippen LogP contribution >= 0.6 is 0 Å². The average molecular weight is 396 g/mol. The number of methoxy groups -OCH3 is 1. The summed E-state index contributed by atoms with van der Waals surface area (Å²) in [6.45, 7) is 7.79. The van der Waals surface area contributed by atoms with Crippen molar-refractivity contribution in [3.63, 3.8) is 0 Å². The van der Waals surface area contributed by atoms with E-state index in [0.29, 0.717) is 24.4 Å². The molecule has 9 nitrogen and oxygen atoms in total. The molecule has 0 bridgehead atoms. The predicted molar refractivity (Wildman–Crippen MR) is 114 cm³/mol. The third-order valence-electron chi connectivity index (χ3n) is 5.35. The highest BCUT2D eigenvalue weighted by Gasteiger charge is 2.27. The van der Waals surface area contributed by atoms with Gasteiger partial charge < -0.3 is 25.3 Å². The van der Waals surface area contributed by atoms with Crippen LogP contribution < -0.4 is 16.0 Å². The van der Waals surface area contributed by atoms with Gasteiger partial charge in [-0.2, -0.15) is 4.98 Å². The predicted octanol–water partition coefficient (Wildman–Crippen LogP) is 2.41. The van der Waals surface area contributed by atoms with E-state index in [-0.39, 0.29) is 12.1 Å². The molecule has 1 aliphatic rings. The van der Waals surface area contributed by atoms with Crippen LogP contribution in [0.15, 0.2) is 24.5 Å². The molecule has 1 fully saturated rings. The molecule has 0 saturated carbocycles. The maximum absolute atomic E-state index is 6.22. The SMILES string of the molecule is CO[C@H]1CCN(c2nccc(Nc3cc4c(cn3)nc(C)n4C(C)C)n2)C[C@@H]1N. The number of fused-ring (bicyclic) bond motifs is 1. The van der Waals surface area contributed by atoms with Crippen LogP contribution in [0.3, 0.4) is 0 Å². The summed E-state index contributed by atoms with van der Waals surface area (Å²) in [7, 11) is 1.71. The van der Waals surface area contributed by atoms with Gasteiger partial charge in [0.05, 0.1) is 17.8 Å². The van der Waals surface area contributed by atoms with Crippen molar-refractivity contribution in [1.29, 1.82) is 0 Å². The van der Waals surface area contributed by atoms with Crippen molar-refractivity contribution in [2.24, 2.45) is 5.73 Å². The number of nitrogens with zero attached hydrogens (tertiary/aromatic N) is 6. The van der Waals surface area contributed by atoms with Crippen LogP contribution in [0.2, 0.25) is 0 Å². The molecule has 29 heavy (non-hydrogen) atoms. The molecule has 154 valence electrons. The minimum absolute atomic E-state index is 0.0578. The van der Waals surface area contributed by atoms with Crippen molar-refractivity contribution in [1.82, 2.24) is 24.5 Å². The maximum atomic E-state index is 6.22. The third-order valence-corrected chi connectivity index (χ3v) is 5.35. The molecule has 0 amide bonds. The summed E-state index contributed by atoms with van der Waals surface area (Å²) in [5, 5.41) is 3.30. The van der Waals surface area contributed by atoms with Crippen LogP contribution in [0.1, 0.15) is 32.1 Å². The minimum Gasteiger partial charge on any atom is -0.380 e. The first-order valence-corrected chi connectivity index (χ1v) is 9.94. The number of hydrogen-bond donors (Lipinski definition) is 2. The maximum Gasteiger partial charge on any atom is 0.227 e. The zero-order valence-electron chi connectivity index (χ0n) is 17.3. The van der Waals surface area contributed by atoms with Crippen molar-refractivity contribution in [2.45, 2.75) is 45.4 Å². The number of imidazole rings is 1. The Balaban J connectivity index is 1.56. The standard InChI is InChI=1S/C20H28N8O/c1-12(2)28-13(3)24-15-10-23-19(9-16(15)28)25-18-5-7-22-20(26-18)27-8-6-17(29-4)14(21)11-27/h5,7,9-10,12,14,17H,6,8,11,21H2,1-4H3,(H,22,23,25,26)/t14-,17-/m0/s1. The van der Waals surface area contributed by atoms with E-state index in [1.807, 2.05) is 19.1 Å². The van der Waals surface area contributed by atoms with Crippen molar-refractivity contribution in [3.8, 4) is 0 Å². The highest BCUT2D eigenvalue weighted by Crippen LogP contribution is 2.24. The van der Waals surface area contributed by atoms with Crippen LogP contribution in [0, 0.1) is 6.92 Å². The molecule has 9 heteroatoms. The van der Waals surface area contributed by atoms with Crippen molar-refractivity contribution >= 4 is 28.6 Å². The van der Waals surface area contributed by atoms with E-state index >= 15 is 0 Å². The van der Waals surface area contributed by atoms with Gasteiger partial charge in [0.15, 0.2) is 0 Å². The Labute approximate surface area is 170 Å². The summed E-state index contributed by atoms with van der Waals surface area (Å²) in [6.07, 6.45) is 4.48. The number of pyridine rings is 1. The second kappa shape index (κ2) is 7.92. The molecule has 3 aromatic heterocycles. The van der Waals surface area contributed by atoms with Gasteiger partial charge in [0, 0.05) is 44.5 Å². The third kappa shape index (κ3) is 3.88. The molecule has 0 aliphatic carbocycles. The highest BCUT2D eigenvalue weighted by molar-refractivity contribution is 5.79. The molecule has 4 rings (SSSR count). The van der Waals surface area contributed by atoms with Crippen LogP contribution in [0.4, 0.5) is 17.6 Å². The second-order valence-corrected chi connectivity index (χ2v) is 7.72. The fraction of sp³-hybridized carbons (Fsp3) is 0.500. The molecule has 3 N–H and O–H groups in total. The highest BCUT2D eigenvalue weighted by atomic mass is 16.5. The quantitative estimate of drug-likeness (QED) is 0.677. The van der Waals surface area contributed by atoms with Crippen molar-refractivity contribution in [3.05, 3.63) is 30.4 Å². The van der Waals surface area contributed by atoms with Crippen LogP contribution in [0.25, 0.3) is 11.0 Å². The Morgan fingerprint density at radius 1 is 1.24 bits per heavy atom. The fourth-order valence-electron chi connectivity index (χ4n) is 3.98. The molecular formula is C20H28N8O. The van der Waals surface area contributed by atoms with E-state index in [4.69, 9.17) is 10.5 Å². The monoisotopic (exact) mass is 396 g/mol. The summed E-state index contributed by atoms with van der Waals surface area (Å²) in [4.78, 5) is 20.3. The Kier molecular flexibility index (Phi) is 5.33. The summed E-state index contributed by atoms with van der Waals surface area (Å²) in [5.74, 6) is 3.05. The number of rotatable bonds is 5. The lowest BCUT2D eigenvalue weighted by molar-refractivity contribution is 0.0662. The summed E-state index contributed by atoms with van der Waals surface area (Å²) in [6, 6.07) is 4.11. The molecule has 1 aliphatic heterocycles. The number of aryl methyl sites for hydroxylation is 1. The molecule has 0 radical (unpaired) electrons. The van der Waals surface area contributed by atoms with E-state index in [0.717, 1.165) is 35.6 Å². The molecule has 4 heterocycles. The smallest absolute Gasteiger partial charge is 0.227 e. The van der Waals surface area contributed by atoms with E-state index in [9.17, 15) is 0 Å². The lowest BCUT2D eigenvalue weighted by Crippen LogP contribution is -2.52. The largest absolute Gasteiger partial charge is 0.380 e. The number of nitrogens with one attached hydrogen (secondary N) is 1. The van der Waals surface area contributed by atoms with Gasteiger partial charge in [0.25, 0.3) is 0 Å². The molecule has 3 aromatic rings. The van der Waals surface area contributed by atoms with Gasteiger partial charge in [-0.25, -0.2) is 15.0 Å². The first kappa shape index (κ1) is 19.5. The summed E-state index contributed by atoms with van der Waals surface area (Å²) < 4.78 is 7.64. The topological polar surface area (TPSA) is 107 Å². The molecule has 0 spiro atoms. The van der Waals surface area contributed by atoms with E-state index < -0.39 is 0 Å². The lowest BCUT2D eigenvalue weighted by Gasteiger charge is -2.35. The number of piperidine rings is 1. The first-order valence-electron chi connectivity index (χ1n) is 9.94. The Hall–Kier alpha value is -2.78. The molecule has 0 aromatic carbocycles. The minimum atomic E-state index is -0.0578. The number of aromatic nitrogens is 5. The zero-order chi connectivity index (χ0) is 20.5. The van der Waals surface area contributed by atoms with Gasteiger partial charge in [-0.1, -0.05) is 0 Å². The van der Waals surface area contributed by atoms with E-state index in [2.05, 4.69) is 48.6 Å². The van der Waals surface area contributed by atoms with E-state index in [1.54, 1.807) is 19.5 Å². The molecule has 0 unspecified atom stereocenters. The molecular weight excluding hydrogens is 368 g/mol. The molecule has 2 atom stereocenters. The van der Waals surface area contributed by atoms with Crippen molar-refractivity contribution in [2.75, 3.05) is 30.4 Å². The normalized spacial score (nSPS) is 19.9. The number of anilines is 3. The van der Waals surface area contributed by atoms with Gasteiger partial charge in [0.1, 0.15) is 23.0 Å². The Morgan fingerprint density at radius 3 is 2.79 bits per heavy atom. The van der Waals surface area contributed by atoms with Crippen LogP contribution in [0.5, 0.6) is 0 Å². The van der Waals surface area contributed by atoms with E-state index in [1.165, 1.54) is 0 Å². The second-order valence-electron chi connectivity index (χ2n) is 7.72. The molecule has 1 saturated heterocycles. The van der Waals surface area contributed by atoms with Gasteiger partial charge in [0.2, 0.25) is 5.95 Å². The van der Waals surface area contributed by atoms with Gasteiger partial charge in [-0.3, -0.25) is 0 Å². The van der Waals surface area contributed by atoms with Crippen LogP contribution in [-0.4, -0.2) is 56.8 Å². The summed E-state index contributed by atoms with van der Waals surface area (Å²) >= 11 is 0. The fourth-order valence-corrected chi connectivity index (χ4v) is 3.98. The zero-order valence-corrected chi connectivity index (χ0v) is 17.3. The summed E-state index contributed by atoms with van der Waals surface area (Å²) in [5.41, 5.74) is 8.16. The number of nitrogens with two attached hydrogens (primary N) is 1. The number of hydrogen-bond acceptors (Lipinski definition) is 8. The number of ether oxygens (including phenoxy) is 1.